The predicted molar refractivity (Wildman–Crippen MR) is 98.7 cm³/mol. The summed E-state index contributed by atoms with van der Waals surface area (Å²) in [7, 11) is 0. The van der Waals surface area contributed by atoms with Crippen molar-refractivity contribution in [3.8, 4) is 5.19 Å². The summed E-state index contributed by atoms with van der Waals surface area (Å²) >= 11 is 1.39. The average molecular weight is 418 g/mol. The number of ether oxygens (including phenoxy) is 1. The first-order valence-electron chi connectivity index (χ1n) is 7.50. The predicted octanol–water partition coefficient (Wildman–Crippen LogP) is 5.82. The monoisotopic (exact) mass is 419 g/mol. The molecule has 0 amide bonds. The summed E-state index contributed by atoms with van der Waals surface area (Å²) in [6, 6.07) is 0. The first kappa shape index (κ1) is 29.3. The van der Waals surface area contributed by atoms with Gasteiger partial charge in [0.1, 0.15) is 5.19 Å². The number of hydrogen-bond acceptors (Lipinski definition) is 3. The molecule has 0 radical (unpaired) electrons. The second-order valence-corrected chi connectivity index (χ2v) is 4.53. The van der Waals surface area contributed by atoms with E-state index in [1.54, 1.807) is 6.20 Å². The molecular weight excluding hydrogens is 385 g/mol. The van der Waals surface area contributed by atoms with Crippen molar-refractivity contribution in [1.29, 1.82) is 0 Å². The Morgan fingerprint density at radius 2 is 1.38 bits per heavy atom. The van der Waals surface area contributed by atoms with Crippen LogP contribution in [0.2, 0.25) is 0 Å². The van der Waals surface area contributed by atoms with E-state index in [1.807, 2.05) is 6.92 Å². The van der Waals surface area contributed by atoms with Gasteiger partial charge >= 0.3 is 23.9 Å². The minimum atomic E-state index is 0. The van der Waals surface area contributed by atoms with E-state index in [0.717, 1.165) is 19.3 Å². The molecule has 21 heavy (non-hydrogen) atoms. The van der Waals surface area contributed by atoms with E-state index in [0.29, 0.717) is 11.8 Å². The van der Waals surface area contributed by atoms with Crippen LogP contribution in [0.25, 0.3) is 0 Å². The summed E-state index contributed by atoms with van der Waals surface area (Å²) < 4.78 is 5.02. The molecule has 1 aromatic rings. The molecule has 4 heteroatoms. The van der Waals surface area contributed by atoms with Crippen LogP contribution < -0.4 is 4.74 Å². The van der Waals surface area contributed by atoms with E-state index in [-0.39, 0.29) is 23.9 Å². The molecule has 0 atom stereocenters. The van der Waals surface area contributed by atoms with Gasteiger partial charge in [-0.15, -0.1) is 0 Å². The SMILES string of the molecule is CCOc1nc[c-]s1.[CH2-]CCC.[CH2-]CCC.[CH2-]CCC.[Sn+4]. The number of aromatic nitrogens is 1. The number of thiazole rings is 1. The van der Waals surface area contributed by atoms with Crippen molar-refractivity contribution in [3.63, 3.8) is 0 Å². The van der Waals surface area contributed by atoms with Gasteiger partial charge in [-0.25, -0.2) is 0 Å². The fourth-order valence-corrected chi connectivity index (χ4v) is 0.861. The molecule has 2 nitrogen and oxygen atoms in total. The van der Waals surface area contributed by atoms with Gasteiger partial charge in [-0.05, 0) is 6.92 Å². The molecule has 0 fully saturated rings. The van der Waals surface area contributed by atoms with Gasteiger partial charge in [-0.1, -0.05) is 46.2 Å². The van der Waals surface area contributed by atoms with Crippen LogP contribution in [-0.2, 0) is 0 Å². The van der Waals surface area contributed by atoms with E-state index in [9.17, 15) is 0 Å². The van der Waals surface area contributed by atoms with E-state index in [1.165, 1.54) is 30.6 Å². The Kier molecular flexibility index (Phi) is 44.9. The minimum Gasteiger partial charge on any atom is -0.555 e. The zero-order valence-electron chi connectivity index (χ0n) is 14.4. The van der Waals surface area contributed by atoms with Crippen molar-refractivity contribution >= 4 is 35.2 Å². The van der Waals surface area contributed by atoms with Crippen molar-refractivity contribution < 1.29 is 4.74 Å². The van der Waals surface area contributed by atoms with Crippen LogP contribution in [0.1, 0.15) is 66.2 Å². The van der Waals surface area contributed by atoms with Crippen LogP contribution in [0.3, 0.4) is 0 Å². The number of unbranched alkanes of at least 4 members (excludes halogenated alkanes) is 3. The smallest absolute Gasteiger partial charge is 0.555 e. The molecule has 0 N–H and O–H groups in total. The molecule has 0 bridgehead atoms. The second-order valence-electron chi connectivity index (χ2n) is 3.74. The molecule has 0 aromatic carbocycles. The third-order valence-electron chi connectivity index (χ3n) is 1.70. The molecular formula is C17H33NOSSn. The third kappa shape index (κ3) is 38.4. The van der Waals surface area contributed by atoms with E-state index < -0.39 is 0 Å². The normalized spacial score (nSPS) is 7.76. The van der Waals surface area contributed by atoms with Crippen LogP contribution in [-0.4, -0.2) is 35.5 Å². The van der Waals surface area contributed by atoms with Crippen LogP contribution in [0.15, 0.2) is 6.20 Å². The van der Waals surface area contributed by atoms with Gasteiger partial charge in [0, 0.05) is 0 Å². The Bertz CT molecular complexity index is 203. The Morgan fingerprint density at radius 3 is 1.57 bits per heavy atom. The number of rotatable bonds is 5. The Morgan fingerprint density at radius 1 is 1.00 bits per heavy atom. The molecule has 1 aromatic heterocycles. The number of nitrogens with zero attached hydrogens (tertiary/aromatic N) is 1. The zero-order chi connectivity index (χ0) is 16.1. The molecule has 0 saturated heterocycles. The van der Waals surface area contributed by atoms with Crippen LogP contribution in [0.4, 0.5) is 0 Å². The molecule has 1 heterocycles. The molecule has 0 aliphatic heterocycles. The van der Waals surface area contributed by atoms with Crippen molar-refractivity contribution in [2.75, 3.05) is 6.61 Å². The average Bonchev–Trinajstić information content (AvgIpc) is 3.01. The van der Waals surface area contributed by atoms with Crippen molar-refractivity contribution in [1.82, 2.24) is 4.98 Å². The van der Waals surface area contributed by atoms with Gasteiger partial charge in [0.15, 0.2) is 0 Å². The van der Waals surface area contributed by atoms with E-state index >= 15 is 0 Å². The third-order valence-corrected chi connectivity index (χ3v) is 2.32. The summed E-state index contributed by atoms with van der Waals surface area (Å²) in [4.78, 5) is 3.85. The van der Waals surface area contributed by atoms with Crippen LogP contribution in [0, 0.1) is 26.2 Å². The molecule has 1 rings (SSSR count). The molecule has 0 spiro atoms. The molecule has 0 saturated carbocycles. The Balaban J connectivity index is -0.0000000973. The Labute approximate surface area is 155 Å². The maximum Gasteiger partial charge on any atom is 4.00 e. The van der Waals surface area contributed by atoms with Crippen molar-refractivity contribution in [2.24, 2.45) is 0 Å². The molecule has 0 unspecified atom stereocenters. The van der Waals surface area contributed by atoms with Crippen molar-refractivity contribution in [3.05, 3.63) is 32.3 Å². The van der Waals surface area contributed by atoms with Gasteiger partial charge in [0.25, 0.3) is 0 Å². The molecule has 122 valence electrons. The van der Waals surface area contributed by atoms with E-state index in [2.05, 4.69) is 51.9 Å². The quantitative estimate of drug-likeness (QED) is 0.444. The minimum absolute atomic E-state index is 0. The molecule has 0 aliphatic rings. The fraction of sp³-hybridized carbons (Fsp3) is 0.647. The largest absolute Gasteiger partial charge is 4.00 e. The topological polar surface area (TPSA) is 22.1 Å². The first-order valence-corrected chi connectivity index (χ1v) is 8.32. The Hall–Kier alpha value is 0.229. The van der Waals surface area contributed by atoms with Gasteiger partial charge in [-0.3, -0.25) is 11.3 Å². The fourth-order valence-electron chi connectivity index (χ4n) is 0.372. The van der Waals surface area contributed by atoms with Crippen LogP contribution in [0.5, 0.6) is 5.19 Å². The van der Waals surface area contributed by atoms with Crippen LogP contribution >= 0.6 is 11.3 Å². The van der Waals surface area contributed by atoms with Crippen molar-refractivity contribution in [2.45, 2.75) is 66.2 Å². The zero-order valence-corrected chi connectivity index (χ0v) is 18.1. The van der Waals surface area contributed by atoms with Gasteiger partial charge in [0.05, 0.1) is 6.61 Å². The summed E-state index contributed by atoms with van der Waals surface area (Å²) in [5.74, 6) is 0. The summed E-state index contributed by atoms with van der Waals surface area (Å²) in [6.45, 7) is 19.8. The van der Waals surface area contributed by atoms with Gasteiger partial charge in [-0.2, -0.15) is 24.6 Å². The maximum absolute atomic E-state index is 5.02. The number of hydrogen-bond donors (Lipinski definition) is 0. The summed E-state index contributed by atoms with van der Waals surface area (Å²) in [5.41, 5.74) is 0. The standard InChI is InChI=1S/C5H6NOS.3C4H9.Sn/c1-2-7-5-6-3-4-8-5;3*1-3-4-2;/h3H,2H2,1H3;3*1,3-4H2,2H3;/q4*-1;+4. The summed E-state index contributed by atoms with van der Waals surface area (Å²) in [5, 5.41) is 3.52. The maximum atomic E-state index is 5.02. The summed E-state index contributed by atoms with van der Waals surface area (Å²) in [6.07, 6.45) is 8.44. The van der Waals surface area contributed by atoms with Gasteiger partial charge < -0.3 is 30.5 Å². The second kappa shape index (κ2) is 32.3. The molecule has 0 aliphatic carbocycles. The first-order chi connectivity index (χ1) is 9.67. The van der Waals surface area contributed by atoms with E-state index in [4.69, 9.17) is 4.74 Å². The van der Waals surface area contributed by atoms with Gasteiger partial charge in [0.2, 0.25) is 0 Å².